The lowest BCUT2D eigenvalue weighted by Gasteiger charge is -2.21. The third-order valence-electron chi connectivity index (χ3n) is 6.34. The molecule has 0 radical (unpaired) electrons. The molecule has 4 aromatic rings. The molecule has 1 aliphatic heterocycles. The van der Waals surface area contributed by atoms with Gasteiger partial charge in [-0.25, -0.2) is 0 Å². The van der Waals surface area contributed by atoms with Crippen LogP contribution >= 0.6 is 0 Å². The Hall–Kier alpha value is -4.06. The van der Waals surface area contributed by atoms with Gasteiger partial charge >= 0.3 is 5.97 Å². The van der Waals surface area contributed by atoms with Crippen LogP contribution in [0.2, 0.25) is 0 Å². The van der Waals surface area contributed by atoms with Gasteiger partial charge in [-0.05, 0) is 55.7 Å². The summed E-state index contributed by atoms with van der Waals surface area (Å²) in [6.07, 6.45) is 0.766. The SMILES string of the molecule is Cc1ccc2[nH]c(C(=O)N(CC(=O)O)Cc3ccc4c(c3)CC(C)(C)O4)c(-c3ccccc3)c2c1. The minimum atomic E-state index is -1.06. The third-order valence-corrected chi connectivity index (χ3v) is 6.34. The number of carboxylic acids is 1. The van der Waals surface area contributed by atoms with Crippen LogP contribution < -0.4 is 4.74 Å². The Morgan fingerprint density at radius 1 is 1.06 bits per heavy atom. The molecule has 1 aromatic heterocycles. The number of benzene rings is 3. The Morgan fingerprint density at radius 2 is 1.83 bits per heavy atom. The molecule has 6 heteroatoms. The fourth-order valence-corrected chi connectivity index (χ4v) is 4.87. The molecule has 178 valence electrons. The van der Waals surface area contributed by atoms with Crippen molar-refractivity contribution < 1.29 is 19.4 Å². The smallest absolute Gasteiger partial charge is 0.323 e. The minimum absolute atomic E-state index is 0.182. The molecule has 2 N–H and O–H groups in total. The lowest BCUT2D eigenvalue weighted by Crippen LogP contribution is -2.35. The van der Waals surface area contributed by atoms with Crippen molar-refractivity contribution in [3.63, 3.8) is 0 Å². The molecule has 0 fully saturated rings. The van der Waals surface area contributed by atoms with E-state index in [1.54, 1.807) is 0 Å². The summed E-state index contributed by atoms with van der Waals surface area (Å²) in [7, 11) is 0. The van der Waals surface area contributed by atoms with E-state index in [4.69, 9.17) is 4.74 Å². The summed E-state index contributed by atoms with van der Waals surface area (Å²) in [5.74, 6) is -0.568. The van der Waals surface area contributed by atoms with Crippen LogP contribution in [0.3, 0.4) is 0 Å². The number of rotatable bonds is 6. The van der Waals surface area contributed by atoms with Gasteiger partial charge in [0, 0.05) is 29.4 Å². The van der Waals surface area contributed by atoms with E-state index in [1.165, 1.54) is 4.90 Å². The Labute approximate surface area is 204 Å². The Bertz CT molecular complexity index is 1440. The lowest BCUT2D eigenvalue weighted by atomic mass is 9.99. The maximum Gasteiger partial charge on any atom is 0.323 e. The van der Waals surface area contributed by atoms with E-state index in [2.05, 4.69) is 11.1 Å². The first kappa shape index (κ1) is 22.7. The molecular weight excluding hydrogens is 440 g/mol. The number of amides is 1. The highest BCUT2D eigenvalue weighted by molar-refractivity contribution is 6.10. The largest absolute Gasteiger partial charge is 0.487 e. The van der Waals surface area contributed by atoms with Gasteiger partial charge in [0.1, 0.15) is 23.6 Å². The monoisotopic (exact) mass is 468 g/mol. The zero-order valence-corrected chi connectivity index (χ0v) is 20.1. The van der Waals surface area contributed by atoms with Crippen molar-refractivity contribution in [2.75, 3.05) is 6.54 Å². The van der Waals surface area contributed by atoms with Crippen molar-refractivity contribution in [3.8, 4) is 16.9 Å². The molecule has 1 aliphatic rings. The molecule has 35 heavy (non-hydrogen) atoms. The van der Waals surface area contributed by atoms with Gasteiger partial charge < -0.3 is 19.7 Å². The second-order valence-electron chi connectivity index (χ2n) is 9.83. The second-order valence-corrected chi connectivity index (χ2v) is 9.83. The summed E-state index contributed by atoms with van der Waals surface area (Å²) in [5, 5.41) is 10.6. The summed E-state index contributed by atoms with van der Waals surface area (Å²) in [5.41, 5.74) is 5.67. The topological polar surface area (TPSA) is 82.6 Å². The normalized spacial score (nSPS) is 13.9. The van der Waals surface area contributed by atoms with Crippen LogP contribution in [-0.2, 0) is 17.8 Å². The highest BCUT2D eigenvalue weighted by Crippen LogP contribution is 2.36. The molecule has 5 rings (SSSR count). The van der Waals surface area contributed by atoms with E-state index in [-0.39, 0.29) is 18.1 Å². The molecule has 0 aliphatic carbocycles. The highest BCUT2D eigenvalue weighted by Gasteiger charge is 2.31. The standard InChI is InChI=1S/C29H28N2O4/c1-18-9-11-23-22(13-18)26(20-7-5-4-6-8-20)27(30-23)28(34)31(17-25(32)33)16-19-10-12-24-21(14-19)15-29(2,3)35-24/h4-14,30H,15-17H2,1-3H3,(H,32,33). The number of fused-ring (bicyclic) bond motifs is 2. The molecule has 0 unspecified atom stereocenters. The van der Waals surface area contributed by atoms with Crippen LogP contribution in [0.4, 0.5) is 0 Å². The fraction of sp³-hybridized carbons (Fsp3) is 0.241. The number of carbonyl (C=O) groups is 2. The summed E-state index contributed by atoms with van der Waals surface area (Å²) in [6.45, 7) is 5.87. The van der Waals surface area contributed by atoms with E-state index >= 15 is 0 Å². The van der Waals surface area contributed by atoms with Gasteiger partial charge in [-0.1, -0.05) is 54.1 Å². The number of nitrogens with zero attached hydrogens (tertiary/aromatic N) is 1. The van der Waals surface area contributed by atoms with E-state index in [0.29, 0.717) is 5.69 Å². The van der Waals surface area contributed by atoms with E-state index < -0.39 is 12.5 Å². The quantitative estimate of drug-likeness (QED) is 0.387. The number of aromatic amines is 1. The van der Waals surface area contributed by atoms with Crippen LogP contribution in [0.5, 0.6) is 5.75 Å². The number of aromatic nitrogens is 1. The maximum absolute atomic E-state index is 13.9. The highest BCUT2D eigenvalue weighted by atomic mass is 16.5. The Morgan fingerprint density at radius 3 is 2.57 bits per heavy atom. The van der Waals surface area contributed by atoms with Crippen molar-refractivity contribution in [2.24, 2.45) is 0 Å². The minimum Gasteiger partial charge on any atom is -0.487 e. The molecular formula is C29H28N2O4. The van der Waals surface area contributed by atoms with Crippen molar-refractivity contribution in [1.82, 2.24) is 9.88 Å². The van der Waals surface area contributed by atoms with E-state index in [0.717, 1.165) is 50.9 Å². The maximum atomic E-state index is 13.9. The van der Waals surface area contributed by atoms with Crippen LogP contribution in [-0.4, -0.2) is 39.0 Å². The number of carboxylic acid groups (broad SMARTS) is 1. The molecule has 2 heterocycles. The summed E-state index contributed by atoms with van der Waals surface area (Å²) in [6, 6.07) is 21.5. The number of hydrogen-bond acceptors (Lipinski definition) is 3. The fourth-order valence-electron chi connectivity index (χ4n) is 4.87. The van der Waals surface area contributed by atoms with Crippen LogP contribution in [0.25, 0.3) is 22.0 Å². The molecule has 0 bridgehead atoms. The van der Waals surface area contributed by atoms with Crippen LogP contribution in [0.1, 0.15) is 41.0 Å². The first-order valence-corrected chi connectivity index (χ1v) is 11.7. The zero-order valence-electron chi connectivity index (χ0n) is 20.1. The lowest BCUT2D eigenvalue weighted by molar-refractivity contribution is -0.137. The van der Waals surface area contributed by atoms with E-state index in [9.17, 15) is 14.7 Å². The van der Waals surface area contributed by atoms with Gasteiger partial charge in [0.15, 0.2) is 0 Å². The first-order valence-electron chi connectivity index (χ1n) is 11.7. The average Bonchev–Trinajstić information content (AvgIpc) is 3.33. The van der Waals surface area contributed by atoms with E-state index in [1.807, 2.05) is 81.4 Å². The summed E-state index contributed by atoms with van der Waals surface area (Å²) >= 11 is 0. The van der Waals surface area contributed by atoms with Gasteiger partial charge in [-0.3, -0.25) is 9.59 Å². The molecule has 0 saturated carbocycles. The number of hydrogen-bond donors (Lipinski definition) is 2. The van der Waals surface area contributed by atoms with Gasteiger partial charge in [0.05, 0.1) is 0 Å². The summed E-state index contributed by atoms with van der Waals surface area (Å²) in [4.78, 5) is 30.3. The Kier molecular flexibility index (Phi) is 5.59. The van der Waals surface area contributed by atoms with Gasteiger partial charge in [-0.2, -0.15) is 0 Å². The average molecular weight is 469 g/mol. The number of nitrogens with one attached hydrogen (secondary N) is 1. The third kappa shape index (κ3) is 4.52. The number of H-pyrrole nitrogens is 1. The van der Waals surface area contributed by atoms with Gasteiger partial charge in [0.2, 0.25) is 0 Å². The molecule has 0 saturated heterocycles. The zero-order chi connectivity index (χ0) is 24.7. The number of aryl methyl sites for hydroxylation is 1. The first-order chi connectivity index (χ1) is 16.7. The molecule has 3 aromatic carbocycles. The van der Waals surface area contributed by atoms with Gasteiger partial charge in [-0.15, -0.1) is 0 Å². The van der Waals surface area contributed by atoms with Crippen molar-refractivity contribution >= 4 is 22.8 Å². The van der Waals surface area contributed by atoms with Crippen molar-refractivity contribution in [1.29, 1.82) is 0 Å². The van der Waals surface area contributed by atoms with Gasteiger partial charge in [0.25, 0.3) is 5.91 Å². The molecule has 6 nitrogen and oxygen atoms in total. The predicted molar refractivity (Wildman–Crippen MR) is 136 cm³/mol. The summed E-state index contributed by atoms with van der Waals surface area (Å²) < 4.78 is 5.96. The molecule has 0 spiro atoms. The molecule has 1 amide bonds. The number of aliphatic carboxylic acids is 1. The second kappa shape index (κ2) is 8.62. The van der Waals surface area contributed by atoms with Crippen LogP contribution in [0.15, 0.2) is 66.7 Å². The van der Waals surface area contributed by atoms with Crippen molar-refractivity contribution in [2.45, 2.75) is 39.3 Å². The Balaban J connectivity index is 1.55. The molecule has 0 atom stereocenters. The number of ether oxygens (including phenoxy) is 1. The van der Waals surface area contributed by atoms with Crippen molar-refractivity contribution in [3.05, 3.63) is 89.1 Å². The van der Waals surface area contributed by atoms with Crippen LogP contribution in [0, 0.1) is 6.92 Å². The number of carbonyl (C=O) groups excluding carboxylic acids is 1. The predicted octanol–water partition coefficient (Wildman–Crippen LogP) is 5.58.